The van der Waals surface area contributed by atoms with Gasteiger partial charge in [0, 0.05) is 17.8 Å². The van der Waals surface area contributed by atoms with Crippen LogP contribution < -0.4 is 5.32 Å². The normalized spacial score (nSPS) is 17.2. The van der Waals surface area contributed by atoms with Gasteiger partial charge in [-0.3, -0.25) is 10.1 Å². The fraction of sp³-hybridized carbons (Fsp3) is 0.250. The highest BCUT2D eigenvalue weighted by atomic mass is 19.1. The van der Waals surface area contributed by atoms with Gasteiger partial charge in [-0.25, -0.2) is 14.0 Å². The number of allylic oxidation sites excluding steroid dienone is 2. The molecule has 0 saturated heterocycles. The molecular formula is C16H15FN2O6. The summed E-state index contributed by atoms with van der Waals surface area (Å²) in [5.41, 5.74) is -0.523. The largest absolute Gasteiger partial charge is 0.478 e. The first-order valence-corrected chi connectivity index (χ1v) is 7.14. The third-order valence-electron chi connectivity index (χ3n) is 3.83. The van der Waals surface area contributed by atoms with Gasteiger partial charge in [0.05, 0.1) is 34.8 Å². The molecule has 0 bridgehead atoms. The molecule has 0 radical (unpaired) electrons. The number of alkyl halides is 1. The molecule has 2 N–H and O–H groups in total. The number of nitrogens with one attached hydrogen (secondary N) is 1. The van der Waals surface area contributed by atoms with Crippen LogP contribution in [0.1, 0.15) is 18.4 Å². The van der Waals surface area contributed by atoms with Crippen molar-refractivity contribution in [3.8, 4) is 0 Å². The van der Waals surface area contributed by atoms with E-state index in [2.05, 4.69) is 10.1 Å². The molecule has 1 heterocycles. The smallest absolute Gasteiger partial charge is 0.336 e. The second-order valence-electron chi connectivity index (χ2n) is 5.27. The molecule has 1 aromatic carbocycles. The van der Waals surface area contributed by atoms with E-state index in [4.69, 9.17) is 0 Å². The summed E-state index contributed by atoms with van der Waals surface area (Å²) in [7, 11) is 1.08. The van der Waals surface area contributed by atoms with E-state index >= 15 is 0 Å². The zero-order valence-electron chi connectivity index (χ0n) is 13.4. The van der Waals surface area contributed by atoms with Gasteiger partial charge in [-0.05, 0) is 12.5 Å². The van der Waals surface area contributed by atoms with Gasteiger partial charge in [-0.15, -0.1) is 0 Å². The number of carboxylic acids is 1. The summed E-state index contributed by atoms with van der Waals surface area (Å²) in [5.74, 6) is -3.44. The monoisotopic (exact) mass is 350 g/mol. The molecule has 0 fully saturated rings. The van der Waals surface area contributed by atoms with E-state index in [0.717, 1.165) is 13.2 Å². The van der Waals surface area contributed by atoms with Crippen LogP contribution in [-0.4, -0.2) is 35.8 Å². The molecule has 0 spiro atoms. The Hall–Kier alpha value is -3.23. The third-order valence-corrected chi connectivity index (χ3v) is 3.83. The van der Waals surface area contributed by atoms with E-state index < -0.39 is 29.5 Å². The molecule has 25 heavy (non-hydrogen) atoms. The molecule has 0 amide bonds. The molecule has 9 heteroatoms. The third kappa shape index (κ3) is 3.35. The molecule has 132 valence electrons. The minimum Gasteiger partial charge on any atom is -0.478 e. The van der Waals surface area contributed by atoms with Crippen molar-refractivity contribution in [1.29, 1.82) is 0 Å². The number of nitro groups is 1. The number of methoxy groups -OCH3 is 1. The first-order chi connectivity index (χ1) is 11.8. The number of hydrogen-bond donors (Lipinski definition) is 2. The lowest BCUT2D eigenvalue weighted by Crippen LogP contribution is -2.33. The van der Waals surface area contributed by atoms with Gasteiger partial charge in [-0.2, -0.15) is 0 Å². The molecule has 1 atom stereocenters. The van der Waals surface area contributed by atoms with Crippen LogP contribution >= 0.6 is 0 Å². The Bertz CT molecular complexity index is 815. The van der Waals surface area contributed by atoms with Crippen molar-refractivity contribution < 1.29 is 28.7 Å². The number of carbonyl (C=O) groups is 2. The van der Waals surface area contributed by atoms with E-state index in [9.17, 15) is 29.2 Å². The molecule has 8 nitrogen and oxygen atoms in total. The number of dihydropyridines is 1. The van der Waals surface area contributed by atoms with Crippen LogP contribution in [-0.2, 0) is 14.3 Å². The van der Waals surface area contributed by atoms with Crippen LogP contribution in [0.2, 0.25) is 0 Å². The van der Waals surface area contributed by atoms with Crippen molar-refractivity contribution in [1.82, 2.24) is 5.32 Å². The Kier molecular flexibility index (Phi) is 5.16. The summed E-state index contributed by atoms with van der Waals surface area (Å²) in [6.45, 7) is 0.373. The van der Waals surface area contributed by atoms with Gasteiger partial charge < -0.3 is 15.2 Å². The number of nitro benzene ring substituents is 1. The predicted octanol–water partition coefficient (Wildman–Crippen LogP) is 2.04. The van der Waals surface area contributed by atoms with Crippen molar-refractivity contribution in [3.05, 3.63) is 62.5 Å². The highest BCUT2D eigenvalue weighted by Crippen LogP contribution is 2.39. The molecule has 1 aliphatic heterocycles. The number of carbonyl (C=O) groups excluding carboxylic acids is 1. The number of carboxylic acid groups (broad SMARTS) is 1. The standard InChI is InChI=1S/C16H15FN2O6/c1-8-12(15(20)21)13(9-4-3-5-10(6-9)19(23)24)14(16(22)25-2)11(7-17)18-8/h3-6,13,18H,7H2,1-2H3,(H,20,21). The first-order valence-electron chi connectivity index (χ1n) is 7.14. The van der Waals surface area contributed by atoms with Gasteiger partial charge in [0.1, 0.15) is 6.67 Å². The second kappa shape index (κ2) is 7.12. The SMILES string of the molecule is COC(=O)C1=C(CF)NC(C)=C(C(=O)O)C1c1cccc([N+](=O)[O-])c1. The zero-order chi connectivity index (χ0) is 18.7. The van der Waals surface area contributed by atoms with Crippen LogP contribution in [0.5, 0.6) is 0 Å². The number of ether oxygens (including phenoxy) is 1. The van der Waals surface area contributed by atoms with Gasteiger partial charge in [0.15, 0.2) is 0 Å². The maximum Gasteiger partial charge on any atom is 0.336 e. The molecule has 2 rings (SSSR count). The topological polar surface area (TPSA) is 119 Å². The molecule has 1 unspecified atom stereocenters. The molecule has 0 aromatic heterocycles. The highest BCUT2D eigenvalue weighted by Gasteiger charge is 2.38. The summed E-state index contributed by atoms with van der Waals surface area (Å²) < 4.78 is 18.1. The Morgan fingerprint density at radius 3 is 2.60 bits per heavy atom. The van der Waals surface area contributed by atoms with Crippen molar-refractivity contribution in [2.75, 3.05) is 13.8 Å². The van der Waals surface area contributed by atoms with E-state index in [1.807, 2.05) is 0 Å². The van der Waals surface area contributed by atoms with Crippen molar-refractivity contribution in [2.45, 2.75) is 12.8 Å². The van der Waals surface area contributed by atoms with E-state index in [0.29, 0.717) is 0 Å². The quantitative estimate of drug-likeness (QED) is 0.474. The van der Waals surface area contributed by atoms with E-state index in [1.165, 1.54) is 25.1 Å². The van der Waals surface area contributed by atoms with Crippen LogP contribution in [0.4, 0.5) is 10.1 Å². The number of benzene rings is 1. The summed E-state index contributed by atoms with van der Waals surface area (Å²) in [5, 5.41) is 23.1. The number of aliphatic carboxylic acids is 1. The number of esters is 1. The first kappa shape index (κ1) is 18.1. The fourth-order valence-corrected chi connectivity index (χ4v) is 2.79. The minimum atomic E-state index is -1.33. The second-order valence-corrected chi connectivity index (χ2v) is 5.27. The highest BCUT2D eigenvalue weighted by molar-refractivity contribution is 5.99. The lowest BCUT2D eigenvalue weighted by Gasteiger charge is -2.29. The average molecular weight is 350 g/mol. The average Bonchev–Trinajstić information content (AvgIpc) is 2.59. The van der Waals surface area contributed by atoms with Crippen LogP contribution in [0.3, 0.4) is 0 Å². The Morgan fingerprint density at radius 2 is 2.08 bits per heavy atom. The summed E-state index contributed by atoms with van der Waals surface area (Å²) in [6.07, 6.45) is 0. The number of rotatable bonds is 5. The van der Waals surface area contributed by atoms with E-state index in [-0.39, 0.29) is 33.8 Å². The lowest BCUT2D eigenvalue weighted by molar-refractivity contribution is -0.384. The summed E-state index contributed by atoms with van der Waals surface area (Å²) in [6, 6.07) is 5.20. The Morgan fingerprint density at radius 1 is 1.40 bits per heavy atom. The number of nitrogens with zero attached hydrogens (tertiary/aromatic N) is 1. The maximum atomic E-state index is 13.4. The summed E-state index contributed by atoms with van der Waals surface area (Å²) in [4.78, 5) is 34.3. The van der Waals surface area contributed by atoms with Crippen LogP contribution in [0.25, 0.3) is 0 Å². The minimum absolute atomic E-state index is 0.133. The van der Waals surface area contributed by atoms with Crippen molar-refractivity contribution >= 4 is 17.6 Å². The molecule has 0 aliphatic carbocycles. The molecule has 0 saturated carbocycles. The van der Waals surface area contributed by atoms with Crippen molar-refractivity contribution in [3.63, 3.8) is 0 Å². The molecule has 1 aromatic rings. The zero-order valence-corrected chi connectivity index (χ0v) is 13.4. The predicted molar refractivity (Wildman–Crippen MR) is 84.3 cm³/mol. The van der Waals surface area contributed by atoms with Gasteiger partial charge >= 0.3 is 11.9 Å². The fourth-order valence-electron chi connectivity index (χ4n) is 2.79. The van der Waals surface area contributed by atoms with Crippen molar-refractivity contribution in [2.24, 2.45) is 0 Å². The lowest BCUT2D eigenvalue weighted by atomic mass is 9.80. The van der Waals surface area contributed by atoms with Crippen LogP contribution in [0.15, 0.2) is 46.8 Å². The summed E-state index contributed by atoms with van der Waals surface area (Å²) >= 11 is 0. The van der Waals surface area contributed by atoms with Gasteiger partial charge in [0.25, 0.3) is 5.69 Å². The molecule has 1 aliphatic rings. The van der Waals surface area contributed by atoms with E-state index in [1.54, 1.807) is 0 Å². The Labute approximate surface area is 141 Å². The van der Waals surface area contributed by atoms with Gasteiger partial charge in [-0.1, -0.05) is 12.1 Å². The number of non-ortho nitro benzene ring substituents is 1. The number of halogens is 1. The Balaban J connectivity index is 2.75. The maximum absolute atomic E-state index is 13.4. The van der Waals surface area contributed by atoms with Crippen LogP contribution in [0, 0.1) is 10.1 Å². The van der Waals surface area contributed by atoms with Gasteiger partial charge in [0.2, 0.25) is 0 Å². The molecular weight excluding hydrogens is 335 g/mol. The number of hydrogen-bond acceptors (Lipinski definition) is 6.